The summed E-state index contributed by atoms with van der Waals surface area (Å²) in [4.78, 5) is 4.91. The first-order chi connectivity index (χ1) is 11.2. The maximum atomic E-state index is 13.9. The van der Waals surface area contributed by atoms with Crippen molar-refractivity contribution < 1.29 is 4.39 Å². The van der Waals surface area contributed by atoms with Crippen molar-refractivity contribution >= 4 is 0 Å². The van der Waals surface area contributed by atoms with Gasteiger partial charge in [0.2, 0.25) is 0 Å². The lowest BCUT2D eigenvalue weighted by Crippen LogP contribution is -2.45. The first-order valence-corrected chi connectivity index (χ1v) is 8.49. The molecule has 0 radical (unpaired) electrons. The Kier molecular flexibility index (Phi) is 3.92. The summed E-state index contributed by atoms with van der Waals surface area (Å²) < 4.78 is 13.9. The molecule has 1 aliphatic heterocycles. The molecule has 0 unspecified atom stereocenters. The van der Waals surface area contributed by atoms with Crippen LogP contribution in [0.3, 0.4) is 0 Å². The molecule has 0 aromatic heterocycles. The zero-order valence-corrected chi connectivity index (χ0v) is 13.6. The van der Waals surface area contributed by atoms with E-state index in [1.165, 1.54) is 16.7 Å². The molecule has 4 rings (SSSR count). The minimum absolute atomic E-state index is 0.114. The maximum absolute atomic E-state index is 13.9. The first-order valence-electron chi connectivity index (χ1n) is 8.49. The quantitative estimate of drug-likeness (QED) is 0.835. The Morgan fingerprint density at radius 3 is 2.39 bits per heavy atom. The number of halogens is 1. The number of fused-ring (bicyclic) bond motifs is 1. The Hall–Kier alpha value is -1.71. The summed E-state index contributed by atoms with van der Waals surface area (Å²) in [5.74, 6) is 0.271. The van der Waals surface area contributed by atoms with E-state index < -0.39 is 0 Å². The summed E-state index contributed by atoms with van der Waals surface area (Å²) in [7, 11) is 2.17. The Morgan fingerprint density at radius 1 is 0.913 bits per heavy atom. The lowest BCUT2D eigenvalue weighted by Gasteiger charge is -2.37. The van der Waals surface area contributed by atoms with Gasteiger partial charge in [-0.05, 0) is 42.3 Å². The van der Waals surface area contributed by atoms with Crippen LogP contribution in [0.15, 0.2) is 48.5 Å². The van der Waals surface area contributed by atoms with Gasteiger partial charge in [-0.2, -0.15) is 0 Å². The molecule has 2 atom stereocenters. The SMILES string of the molecule is CN1CCN([C@@H]2C[C@@H](c3ccccc3)c3ccc(F)cc32)CC1. The molecule has 3 heteroatoms. The van der Waals surface area contributed by atoms with Crippen molar-refractivity contribution in [1.29, 1.82) is 0 Å². The highest BCUT2D eigenvalue weighted by molar-refractivity contribution is 5.44. The van der Waals surface area contributed by atoms with E-state index in [-0.39, 0.29) is 5.82 Å². The fourth-order valence-electron chi connectivity index (χ4n) is 4.11. The number of hydrogen-bond donors (Lipinski definition) is 0. The molecule has 0 spiro atoms. The van der Waals surface area contributed by atoms with Gasteiger partial charge in [-0.15, -0.1) is 0 Å². The smallest absolute Gasteiger partial charge is 0.123 e. The largest absolute Gasteiger partial charge is 0.304 e. The van der Waals surface area contributed by atoms with E-state index in [4.69, 9.17) is 0 Å². The van der Waals surface area contributed by atoms with Crippen molar-refractivity contribution in [3.63, 3.8) is 0 Å². The van der Waals surface area contributed by atoms with Crippen LogP contribution in [-0.4, -0.2) is 43.0 Å². The van der Waals surface area contributed by atoms with E-state index in [9.17, 15) is 4.39 Å². The van der Waals surface area contributed by atoms with Crippen molar-refractivity contribution in [2.75, 3.05) is 33.2 Å². The van der Waals surface area contributed by atoms with Crippen LogP contribution in [0.5, 0.6) is 0 Å². The molecule has 1 saturated heterocycles. The molecule has 2 aromatic rings. The van der Waals surface area contributed by atoms with E-state index in [0.717, 1.165) is 32.6 Å². The molecule has 2 nitrogen and oxygen atoms in total. The second-order valence-electron chi connectivity index (χ2n) is 6.83. The van der Waals surface area contributed by atoms with E-state index in [0.29, 0.717) is 12.0 Å². The Bertz CT molecular complexity index is 677. The molecule has 0 saturated carbocycles. The maximum Gasteiger partial charge on any atom is 0.123 e. The van der Waals surface area contributed by atoms with E-state index >= 15 is 0 Å². The highest BCUT2D eigenvalue weighted by atomic mass is 19.1. The Morgan fingerprint density at radius 2 is 1.65 bits per heavy atom. The molecule has 23 heavy (non-hydrogen) atoms. The molecular weight excluding hydrogens is 287 g/mol. The first kappa shape index (κ1) is 14.9. The van der Waals surface area contributed by atoms with Gasteiger partial charge in [0.25, 0.3) is 0 Å². The van der Waals surface area contributed by atoms with Crippen molar-refractivity contribution in [1.82, 2.24) is 9.80 Å². The molecule has 2 aliphatic rings. The van der Waals surface area contributed by atoms with E-state index in [1.807, 2.05) is 6.07 Å². The lowest BCUT2D eigenvalue weighted by molar-refractivity contribution is 0.110. The van der Waals surface area contributed by atoms with Crippen molar-refractivity contribution in [2.24, 2.45) is 0 Å². The highest BCUT2D eigenvalue weighted by Gasteiger charge is 2.36. The lowest BCUT2D eigenvalue weighted by atomic mass is 9.93. The van der Waals surface area contributed by atoms with Gasteiger partial charge < -0.3 is 4.90 Å². The van der Waals surface area contributed by atoms with Gasteiger partial charge in [0.15, 0.2) is 0 Å². The van der Waals surface area contributed by atoms with E-state index in [2.05, 4.69) is 47.2 Å². The predicted molar refractivity (Wildman–Crippen MR) is 91.1 cm³/mol. The third-order valence-electron chi connectivity index (χ3n) is 5.42. The summed E-state index contributed by atoms with van der Waals surface area (Å²) in [6, 6.07) is 16.4. The molecule has 1 heterocycles. The number of likely N-dealkylation sites (N-methyl/N-ethyl adjacent to an activating group) is 1. The van der Waals surface area contributed by atoms with Gasteiger partial charge >= 0.3 is 0 Å². The number of nitrogens with zero attached hydrogens (tertiary/aromatic N) is 2. The fourth-order valence-corrected chi connectivity index (χ4v) is 4.11. The van der Waals surface area contributed by atoms with Crippen LogP contribution >= 0.6 is 0 Å². The van der Waals surface area contributed by atoms with Gasteiger partial charge in [0, 0.05) is 38.1 Å². The normalized spacial score (nSPS) is 25.5. The average Bonchev–Trinajstić information content (AvgIpc) is 2.95. The van der Waals surface area contributed by atoms with E-state index in [1.54, 1.807) is 12.1 Å². The Labute approximate surface area is 137 Å². The van der Waals surface area contributed by atoms with Gasteiger partial charge in [-0.3, -0.25) is 4.90 Å². The van der Waals surface area contributed by atoms with Crippen molar-refractivity contribution in [3.05, 3.63) is 71.0 Å². The second-order valence-corrected chi connectivity index (χ2v) is 6.83. The zero-order chi connectivity index (χ0) is 15.8. The molecule has 120 valence electrons. The molecule has 1 fully saturated rings. The summed E-state index contributed by atoms with van der Waals surface area (Å²) in [6.45, 7) is 4.32. The van der Waals surface area contributed by atoms with Crippen LogP contribution in [0.4, 0.5) is 4.39 Å². The molecule has 0 N–H and O–H groups in total. The number of benzene rings is 2. The standard InChI is InChI=1S/C20H23FN2/c1-22-9-11-23(12-10-22)20-14-18(15-5-3-2-4-6-15)17-8-7-16(21)13-19(17)20/h2-8,13,18,20H,9-12,14H2,1H3/t18-,20+/m0/s1. The minimum atomic E-state index is -0.114. The monoisotopic (exact) mass is 310 g/mol. The summed E-state index contributed by atoms with van der Waals surface area (Å²) in [5, 5.41) is 0. The van der Waals surface area contributed by atoms with Crippen LogP contribution in [0.2, 0.25) is 0 Å². The Balaban J connectivity index is 1.69. The molecule has 0 bridgehead atoms. The number of rotatable bonds is 2. The van der Waals surface area contributed by atoms with Crippen LogP contribution in [0.25, 0.3) is 0 Å². The minimum Gasteiger partial charge on any atom is -0.304 e. The molecule has 2 aromatic carbocycles. The fraction of sp³-hybridized carbons (Fsp3) is 0.400. The van der Waals surface area contributed by atoms with Crippen LogP contribution in [0, 0.1) is 5.82 Å². The summed E-state index contributed by atoms with van der Waals surface area (Å²) in [6.07, 6.45) is 1.06. The zero-order valence-electron chi connectivity index (χ0n) is 13.6. The third-order valence-corrected chi connectivity index (χ3v) is 5.42. The van der Waals surface area contributed by atoms with Crippen LogP contribution in [-0.2, 0) is 0 Å². The topological polar surface area (TPSA) is 6.48 Å². The predicted octanol–water partition coefficient (Wildman–Crippen LogP) is 3.65. The van der Waals surface area contributed by atoms with Crippen molar-refractivity contribution in [2.45, 2.75) is 18.4 Å². The summed E-state index contributed by atoms with van der Waals surface area (Å²) >= 11 is 0. The second kappa shape index (κ2) is 6.06. The molecule has 0 amide bonds. The van der Waals surface area contributed by atoms with Crippen LogP contribution < -0.4 is 0 Å². The number of piperazine rings is 1. The molecule has 1 aliphatic carbocycles. The van der Waals surface area contributed by atoms with Gasteiger partial charge in [-0.1, -0.05) is 36.4 Å². The number of hydrogen-bond acceptors (Lipinski definition) is 2. The van der Waals surface area contributed by atoms with Crippen LogP contribution in [0.1, 0.15) is 35.1 Å². The van der Waals surface area contributed by atoms with Crippen molar-refractivity contribution in [3.8, 4) is 0 Å². The molecular formula is C20H23FN2. The average molecular weight is 310 g/mol. The van der Waals surface area contributed by atoms with Gasteiger partial charge in [0.05, 0.1) is 0 Å². The van der Waals surface area contributed by atoms with Gasteiger partial charge in [-0.25, -0.2) is 4.39 Å². The highest BCUT2D eigenvalue weighted by Crippen LogP contribution is 2.47. The summed E-state index contributed by atoms with van der Waals surface area (Å²) in [5.41, 5.74) is 3.85. The third kappa shape index (κ3) is 2.79. The van der Waals surface area contributed by atoms with Gasteiger partial charge in [0.1, 0.15) is 5.82 Å².